The second-order valence-electron chi connectivity index (χ2n) is 6.46. The van der Waals surface area contributed by atoms with Gasteiger partial charge in [0.2, 0.25) is 0 Å². The third-order valence-electron chi connectivity index (χ3n) is 4.09. The maximum Gasteiger partial charge on any atom is 0.0514 e. The number of hydrogen-bond acceptors (Lipinski definition) is 2. The molecule has 0 radical (unpaired) electrons. The van der Waals surface area contributed by atoms with Crippen LogP contribution in [-0.2, 0) is 0 Å². The van der Waals surface area contributed by atoms with Crippen LogP contribution in [0.1, 0.15) is 32.8 Å². The van der Waals surface area contributed by atoms with E-state index in [4.69, 9.17) is 5.73 Å². The summed E-state index contributed by atoms with van der Waals surface area (Å²) < 4.78 is 1.11. The maximum atomic E-state index is 5.94. The SMILES string of the molecule is Cc1cc(N2CCC(C(C)(C)C)C2)c(Br)cc1N. The number of aryl methyl sites for hydroxylation is 1. The van der Waals surface area contributed by atoms with Gasteiger partial charge in [0.25, 0.3) is 0 Å². The predicted octanol–water partition coefficient (Wildman–Crippen LogP) is 4.21. The van der Waals surface area contributed by atoms with Crippen LogP contribution < -0.4 is 10.6 Å². The Morgan fingerprint density at radius 3 is 2.56 bits per heavy atom. The van der Waals surface area contributed by atoms with Crippen molar-refractivity contribution >= 4 is 27.3 Å². The Bertz CT molecular complexity index is 449. The van der Waals surface area contributed by atoms with Crippen molar-refractivity contribution in [1.29, 1.82) is 0 Å². The van der Waals surface area contributed by atoms with E-state index >= 15 is 0 Å². The van der Waals surface area contributed by atoms with Crippen LogP contribution in [0.4, 0.5) is 11.4 Å². The van der Waals surface area contributed by atoms with Gasteiger partial charge in [-0.3, -0.25) is 0 Å². The molecule has 0 aliphatic carbocycles. The van der Waals surface area contributed by atoms with E-state index in [0.717, 1.165) is 34.7 Å². The van der Waals surface area contributed by atoms with Gasteiger partial charge in [0, 0.05) is 23.2 Å². The minimum Gasteiger partial charge on any atom is -0.398 e. The molecule has 2 N–H and O–H groups in total. The van der Waals surface area contributed by atoms with Gasteiger partial charge >= 0.3 is 0 Å². The van der Waals surface area contributed by atoms with Crippen molar-refractivity contribution in [2.45, 2.75) is 34.1 Å². The maximum absolute atomic E-state index is 5.94. The lowest BCUT2D eigenvalue weighted by molar-refractivity contribution is 0.263. The molecule has 0 spiro atoms. The molecule has 1 heterocycles. The van der Waals surface area contributed by atoms with Crippen LogP contribution in [0.15, 0.2) is 16.6 Å². The molecular weight excluding hydrogens is 288 g/mol. The smallest absolute Gasteiger partial charge is 0.0514 e. The number of nitrogens with two attached hydrogens (primary N) is 1. The predicted molar refractivity (Wildman–Crippen MR) is 83.1 cm³/mol. The Morgan fingerprint density at radius 2 is 2.00 bits per heavy atom. The lowest BCUT2D eigenvalue weighted by atomic mass is 9.80. The number of halogens is 1. The highest BCUT2D eigenvalue weighted by atomic mass is 79.9. The first-order chi connectivity index (χ1) is 8.29. The fraction of sp³-hybridized carbons (Fsp3) is 0.600. The largest absolute Gasteiger partial charge is 0.398 e. The molecule has 1 aromatic carbocycles. The van der Waals surface area contributed by atoms with Crippen LogP contribution in [-0.4, -0.2) is 13.1 Å². The van der Waals surface area contributed by atoms with Crippen LogP contribution >= 0.6 is 15.9 Å². The van der Waals surface area contributed by atoms with Crippen LogP contribution in [0.3, 0.4) is 0 Å². The Kier molecular flexibility index (Phi) is 3.63. The molecule has 18 heavy (non-hydrogen) atoms. The van der Waals surface area contributed by atoms with E-state index in [9.17, 15) is 0 Å². The third-order valence-corrected chi connectivity index (χ3v) is 4.72. The van der Waals surface area contributed by atoms with Gasteiger partial charge in [0.05, 0.1) is 5.69 Å². The summed E-state index contributed by atoms with van der Waals surface area (Å²) in [6, 6.07) is 4.22. The number of benzene rings is 1. The van der Waals surface area contributed by atoms with Crippen molar-refractivity contribution in [2.75, 3.05) is 23.7 Å². The van der Waals surface area contributed by atoms with E-state index in [0.29, 0.717) is 5.41 Å². The van der Waals surface area contributed by atoms with Crippen molar-refractivity contribution in [3.8, 4) is 0 Å². The fourth-order valence-corrected chi connectivity index (χ4v) is 3.22. The summed E-state index contributed by atoms with van der Waals surface area (Å²) in [5.41, 5.74) is 9.63. The molecule has 0 saturated carbocycles. The second-order valence-corrected chi connectivity index (χ2v) is 7.31. The molecule has 0 amide bonds. The lowest BCUT2D eigenvalue weighted by Gasteiger charge is -2.28. The Hall–Kier alpha value is -0.700. The van der Waals surface area contributed by atoms with Crippen molar-refractivity contribution in [3.05, 3.63) is 22.2 Å². The molecule has 1 unspecified atom stereocenters. The number of anilines is 2. The summed E-state index contributed by atoms with van der Waals surface area (Å²) in [5, 5.41) is 0. The van der Waals surface area contributed by atoms with E-state index in [2.05, 4.69) is 54.6 Å². The molecule has 1 aliphatic rings. The molecule has 1 fully saturated rings. The standard InChI is InChI=1S/C15H23BrN2/c1-10-7-14(12(16)8-13(10)17)18-6-5-11(9-18)15(2,3)4/h7-8,11H,5-6,9,17H2,1-4H3. The van der Waals surface area contributed by atoms with E-state index in [1.165, 1.54) is 12.1 Å². The van der Waals surface area contributed by atoms with Gasteiger partial charge in [0.15, 0.2) is 0 Å². The van der Waals surface area contributed by atoms with Gasteiger partial charge in [-0.25, -0.2) is 0 Å². The van der Waals surface area contributed by atoms with E-state index in [1.807, 2.05) is 6.07 Å². The molecule has 1 atom stereocenters. The zero-order valence-corrected chi connectivity index (χ0v) is 13.3. The van der Waals surface area contributed by atoms with Crippen LogP contribution in [0.25, 0.3) is 0 Å². The molecule has 0 aromatic heterocycles. The van der Waals surface area contributed by atoms with Crippen LogP contribution in [0.5, 0.6) is 0 Å². The number of hydrogen-bond donors (Lipinski definition) is 1. The summed E-state index contributed by atoms with van der Waals surface area (Å²) in [7, 11) is 0. The molecule has 2 rings (SSSR count). The molecule has 1 aliphatic heterocycles. The first-order valence-corrected chi connectivity index (χ1v) is 7.39. The van der Waals surface area contributed by atoms with Crippen LogP contribution in [0, 0.1) is 18.3 Å². The van der Waals surface area contributed by atoms with Crippen molar-refractivity contribution < 1.29 is 0 Å². The number of rotatable bonds is 1. The number of nitrogens with zero attached hydrogens (tertiary/aromatic N) is 1. The quantitative estimate of drug-likeness (QED) is 0.787. The zero-order chi connectivity index (χ0) is 13.5. The van der Waals surface area contributed by atoms with Crippen molar-refractivity contribution in [3.63, 3.8) is 0 Å². The van der Waals surface area contributed by atoms with Crippen molar-refractivity contribution in [1.82, 2.24) is 0 Å². The molecule has 1 saturated heterocycles. The average molecular weight is 311 g/mol. The first kappa shape index (κ1) is 13.7. The fourth-order valence-electron chi connectivity index (χ4n) is 2.61. The summed E-state index contributed by atoms with van der Waals surface area (Å²) in [6.45, 7) is 11.4. The van der Waals surface area contributed by atoms with Crippen molar-refractivity contribution in [2.24, 2.45) is 11.3 Å². The third kappa shape index (κ3) is 2.66. The van der Waals surface area contributed by atoms with Gasteiger partial charge in [-0.15, -0.1) is 0 Å². The molecular formula is C15H23BrN2. The minimum atomic E-state index is 0.393. The van der Waals surface area contributed by atoms with E-state index in [-0.39, 0.29) is 0 Å². The molecule has 3 heteroatoms. The molecule has 1 aromatic rings. The van der Waals surface area contributed by atoms with Gasteiger partial charge in [-0.2, -0.15) is 0 Å². The highest BCUT2D eigenvalue weighted by Gasteiger charge is 2.32. The van der Waals surface area contributed by atoms with E-state index in [1.54, 1.807) is 0 Å². The molecule has 2 nitrogen and oxygen atoms in total. The summed E-state index contributed by atoms with van der Waals surface area (Å²) in [4.78, 5) is 2.48. The average Bonchev–Trinajstić information content (AvgIpc) is 2.72. The Balaban J connectivity index is 2.22. The monoisotopic (exact) mass is 310 g/mol. The molecule has 100 valence electrons. The summed E-state index contributed by atoms with van der Waals surface area (Å²) >= 11 is 3.64. The highest BCUT2D eigenvalue weighted by molar-refractivity contribution is 9.10. The first-order valence-electron chi connectivity index (χ1n) is 6.59. The Labute approximate surface area is 119 Å². The lowest BCUT2D eigenvalue weighted by Crippen LogP contribution is -2.26. The van der Waals surface area contributed by atoms with E-state index < -0.39 is 0 Å². The van der Waals surface area contributed by atoms with Gasteiger partial charge < -0.3 is 10.6 Å². The number of nitrogen functional groups attached to an aromatic ring is 1. The van der Waals surface area contributed by atoms with Gasteiger partial charge in [-0.05, 0) is 58.3 Å². The minimum absolute atomic E-state index is 0.393. The van der Waals surface area contributed by atoms with Gasteiger partial charge in [0.1, 0.15) is 0 Å². The van der Waals surface area contributed by atoms with Crippen LogP contribution in [0.2, 0.25) is 0 Å². The Morgan fingerprint density at radius 1 is 1.33 bits per heavy atom. The summed E-state index contributed by atoms with van der Waals surface area (Å²) in [5.74, 6) is 0.766. The topological polar surface area (TPSA) is 29.3 Å². The zero-order valence-electron chi connectivity index (χ0n) is 11.8. The molecule has 0 bridgehead atoms. The second kappa shape index (κ2) is 4.76. The summed E-state index contributed by atoms with van der Waals surface area (Å²) in [6.07, 6.45) is 1.28. The normalized spacial score (nSPS) is 20.5. The highest BCUT2D eigenvalue weighted by Crippen LogP contribution is 2.39. The van der Waals surface area contributed by atoms with Gasteiger partial charge in [-0.1, -0.05) is 20.8 Å².